The van der Waals surface area contributed by atoms with Crippen LogP contribution in [0, 0.1) is 6.92 Å². The first-order chi connectivity index (χ1) is 8.11. The summed E-state index contributed by atoms with van der Waals surface area (Å²) in [5.74, 6) is 0. The van der Waals surface area contributed by atoms with Gasteiger partial charge in [-0.1, -0.05) is 18.5 Å². The Morgan fingerprint density at radius 2 is 2.29 bits per heavy atom. The third kappa shape index (κ3) is 2.95. The van der Waals surface area contributed by atoms with E-state index in [1.165, 1.54) is 5.69 Å². The van der Waals surface area contributed by atoms with Crippen LogP contribution < -0.4 is 10.2 Å². The fourth-order valence-corrected chi connectivity index (χ4v) is 3.06. The van der Waals surface area contributed by atoms with E-state index in [-0.39, 0.29) is 0 Å². The van der Waals surface area contributed by atoms with Gasteiger partial charge < -0.3 is 10.2 Å². The second kappa shape index (κ2) is 5.59. The van der Waals surface area contributed by atoms with Crippen molar-refractivity contribution < 1.29 is 0 Å². The Labute approximate surface area is 116 Å². The van der Waals surface area contributed by atoms with E-state index in [0.717, 1.165) is 41.1 Å². The smallest absolute Gasteiger partial charge is 0.0526 e. The number of anilines is 1. The van der Waals surface area contributed by atoms with Crippen LogP contribution in [0.4, 0.5) is 5.69 Å². The van der Waals surface area contributed by atoms with Gasteiger partial charge in [0.2, 0.25) is 0 Å². The lowest BCUT2D eigenvalue weighted by molar-refractivity contribution is 0.446. The molecular weight excluding hydrogens is 300 g/mol. The molecule has 1 aromatic carbocycles. The van der Waals surface area contributed by atoms with Crippen LogP contribution in [0.2, 0.25) is 5.02 Å². The molecule has 1 heterocycles. The highest BCUT2D eigenvalue weighted by molar-refractivity contribution is 9.10. The molecule has 2 nitrogen and oxygen atoms in total. The lowest BCUT2D eigenvalue weighted by atomic mass is 10.1. The fourth-order valence-electron chi connectivity index (χ4n) is 2.20. The number of hydrogen-bond acceptors (Lipinski definition) is 2. The molecule has 0 saturated carbocycles. The van der Waals surface area contributed by atoms with Gasteiger partial charge in [0.1, 0.15) is 0 Å². The maximum Gasteiger partial charge on any atom is 0.0526 e. The molecule has 1 aliphatic rings. The Morgan fingerprint density at radius 1 is 1.53 bits per heavy atom. The van der Waals surface area contributed by atoms with Gasteiger partial charge in [-0.3, -0.25) is 0 Å². The first-order valence-corrected chi connectivity index (χ1v) is 7.23. The number of piperazine rings is 1. The van der Waals surface area contributed by atoms with Gasteiger partial charge in [-0.05, 0) is 47.0 Å². The van der Waals surface area contributed by atoms with Crippen LogP contribution in [-0.2, 0) is 0 Å². The molecular formula is C13H18BrClN2. The first-order valence-electron chi connectivity index (χ1n) is 6.05. The molecule has 2 rings (SSSR count). The van der Waals surface area contributed by atoms with Crippen LogP contribution in [0.1, 0.15) is 18.9 Å². The van der Waals surface area contributed by atoms with Gasteiger partial charge in [-0.25, -0.2) is 0 Å². The number of nitrogens with one attached hydrogen (secondary N) is 1. The normalized spacial score (nSPS) is 20.7. The van der Waals surface area contributed by atoms with Crippen LogP contribution in [-0.4, -0.2) is 25.7 Å². The van der Waals surface area contributed by atoms with E-state index in [1.54, 1.807) is 0 Å². The number of aryl methyl sites for hydroxylation is 1. The molecule has 0 aliphatic carbocycles. The van der Waals surface area contributed by atoms with Crippen molar-refractivity contribution in [3.05, 3.63) is 27.2 Å². The molecule has 94 valence electrons. The molecule has 1 N–H and O–H groups in total. The summed E-state index contributed by atoms with van der Waals surface area (Å²) in [5, 5.41) is 4.37. The van der Waals surface area contributed by atoms with Crippen molar-refractivity contribution in [2.45, 2.75) is 26.3 Å². The lowest BCUT2D eigenvalue weighted by Gasteiger charge is -2.35. The molecule has 0 aromatic heterocycles. The number of rotatable bonds is 2. The molecule has 0 radical (unpaired) electrons. The van der Waals surface area contributed by atoms with Gasteiger partial charge in [0.25, 0.3) is 0 Å². The fraction of sp³-hybridized carbons (Fsp3) is 0.538. The second-order valence-electron chi connectivity index (χ2n) is 4.56. The predicted octanol–water partition coefficient (Wildman–Crippen LogP) is 3.60. The maximum atomic E-state index is 6.21. The van der Waals surface area contributed by atoms with E-state index < -0.39 is 0 Å². The number of benzene rings is 1. The van der Waals surface area contributed by atoms with Crippen LogP contribution >= 0.6 is 27.5 Å². The van der Waals surface area contributed by atoms with E-state index >= 15 is 0 Å². The summed E-state index contributed by atoms with van der Waals surface area (Å²) >= 11 is 9.85. The van der Waals surface area contributed by atoms with E-state index in [9.17, 15) is 0 Å². The zero-order chi connectivity index (χ0) is 12.4. The summed E-state index contributed by atoms with van der Waals surface area (Å²) in [6.45, 7) is 7.38. The molecule has 1 aromatic rings. The van der Waals surface area contributed by atoms with Crippen LogP contribution in [0.3, 0.4) is 0 Å². The van der Waals surface area contributed by atoms with Crippen LogP contribution in [0.5, 0.6) is 0 Å². The molecule has 4 heteroatoms. The third-order valence-electron chi connectivity index (χ3n) is 3.32. The zero-order valence-corrected chi connectivity index (χ0v) is 12.6. The van der Waals surface area contributed by atoms with Crippen molar-refractivity contribution in [1.29, 1.82) is 0 Å². The summed E-state index contributed by atoms with van der Waals surface area (Å²) in [4.78, 5) is 2.40. The monoisotopic (exact) mass is 316 g/mol. The van der Waals surface area contributed by atoms with Gasteiger partial charge in [-0.15, -0.1) is 0 Å². The molecule has 1 aliphatic heterocycles. The molecule has 1 fully saturated rings. The van der Waals surface area contributed by atoms with E-state index in [4.69, 9.17) is 11.6 Å². The van der Waals surface area contributed by atoms with Gasteiger partial charge in [0.05, 0.1) is 5.69 Å². The molecule has 0 amide bonds. The number of halogens is 2. The Bertz CT molecular complexity index is 409. The average molecular weight is 318 g/mol. The third-order valence-corrected chi connectivity index (χ3v) is 4.36. The maximum absolute atomic E-state index is 6.21. The Balaban J connectivity index is 2.24. The quantitative estimate of drug-likeness (QED) is 0.896. The molecule has 17 heavy (non-hydrogen) atoms. The minimum absolute atomic E-state index is 0.579. The van der Waals surface area contributed by atoms with Gasteiger partial charge >= 0.3 is 0 Å². The van der Waals surface area contributed by atoms with Crippen molar-refractivity contribution >= 4 is 33.2 Å². The number of hydrogen-bond donors (Lipinski definition) is 1. The second-order valence-corrected chi connectivity index (χ2v) is 5.82. The summed E-state index contributed by atoms with van der Waals surface area (Å²) in [5.41, 5.74) is 2.32. The molecule has 0 spiro atoms. The van der Waals surface area contributed by atoms with Crippen molar-refractivity contribution in [2.24, 2.45) is 0 Å². The minimum atomic E-state index is 0.579. The largest absolute Gasteiger partial charge is 0.368 e. The molecule has 0 bridgehead atoms. The van der Waals surface area contributed by atoms with Gasteiger partial charge in [-0.2, -0.15) is 0 Å². The Kier molecular flexibility index (Phi) is 4.34. The predicted molar refractivity (Wildman–Crippen MR) is 78.2 cm³/mol. The molecule has 1 saturated heterocycles. The van der Waals surface area contributed by atoms with Gasteiger partial charge in [0.15, 0.2) is 0 Å². The van der Waals surface area contributed by atoms with Crippen molar-refractivity contribution in [3.63, 3.8) is 0 Å². The highest BCUT2D eigenvalue weighted by Crippen LogP contribution is 2.32. The van der Waals surface area contributed by atoms with Crippen LogP contribution in [0.25, 0.3) is 0 Å². The van der Waals surface area contributed by atoms with E-state index in [0.29, 0.717) is 6.04 Å². The van der Waals surface area contributed by atoms with Gasteiger partial charge in [0, 0.05) is 35.2 Å². The summed E-state index contributed by atoms with van der Waals surface area (Å²) in [6, 6.07) is 4.75. The van der Waals surface area contributed by atoms with E-state index in [2.05, 4.69) is 45.2 Å². The molecule has 1 unspecified atom stereocenters. The summed E-state index contributed by atoms with van der Waals surface area (Å²) in [7, 11) is 0. The van der Waals surface area contributed by atoms with Crippen molar-refractivity contribution in [3.8, 4) is 0 Å². The Hall–Kier alpha value is -0.250. The summed E-state index contributed by atoms with van der Waals surface area (Å²) < 4.78 is 1.14. The number of nitrogens with zero attached hydrogens (tertiary/aromatic N) is 1. The highest BCUT2D eigenvalue weighted by atomic mass is 79.9. The van der Waals surface area contributed by atoms with Crippen molar-refractivity contribution in [1.82, 2.24) is 5.32 Å². The topological polar surface area (TPSA) is 15.3 Å². The summed E-state index contributed by atoms with van der Waals surface area (Å²) in [6.07, 6.45) is 1.16. The molecule has 1 atom stereocenters. The lowest BCUT2D eigenvalue weighted by Crippen LogP contribution is -2.50. The minimum Gasteiger partial charge on any atom is -0.368 e. The van der Waals surface area contributed by atoms with Crippen LogP contribution in [0.15, 0.2) is 16.6 Å². The van der Waals surface area contributed by atoms with E-state index in [1.807, 2.05) is 6.92 Å². The average Bonchev–Trinajstić information content (AvgIpc) is 2.34. The SMILES string of the molecule is CCC1CN(c2cc(Cl)c(C)cc2Br)CCN1. The Morgan fingerprint density at radius 3 is 3.00 bits per heavy atom. The standard InChI is InChI=1S/C13H18BrClN2/c1-3-10-8-17(5-4-16-10)13-7-12(15)9(2)6-11(13)14/h6-7,10,16H,3-5,8H2,1-2H3. The highest BCUT2D eigenvalue weighted by Gasteiger charge is 2.20. The zero-order valence-electron chi connectivity index (χ0n) is 10.3. The van der Waals surface area contributed by atoms with Crippen molar-refractivity contribution in [2.75, 3.05) is 24.5 Å². The first kappa shape index (κ1) is 13.2.